The molecular weight excluding hydrogens is 172 g/mol. The summed E-state index contributed by atoms with van der Waals surface area (Å²) in [5.74, 6) is 0. The van der Waals surface area contributed by atoms with E-state index >= 15 is 0 Å². The Morgan fingerprint density at radius 1 is 1.14 bits per heavy atom. The molecule has 0 spiro atoms. The molecule has 14 heavy (non-hydrogen) atoms. The second-order valence-corrected chi connectivity index (χ2v) is 4.41. The highest BCUT2D eigenvalue weighted by molar-refractivity contribution is 4.75. The van der Waals surface area contributed by atoms with Gasteiger partial charge in [0.05, 0.1) is 0 Å². The smallest absolute Gasteiger partial charge is 0.0484 e. The molecule has 1 aliphatic rings. The van der Waals surface area contributed by atoms with Gasteiger partial charge in [0.15, 0.2) is 0 Å². The molecule has 0 radical (unpaired) electrons. The van der Waals surface area contributed by atoms with E-state index < -0.39 is 0 Å². The van der Waals surface area contributed by atoms with Gasteiger partial charge in [0.25, 0.3) is 0 Å². The Kier molecular flexibility index (Phi) is 6.20. The number of hydrogen-bond donors (Lipinski definition) is 1. The fourth-order valence-corrected chi connectivity index (χ4v) is 2.31. The summed E-state index contributed by atoms with van der Waals surface area (Å²) in [6.45, 7) is 8.16. The van der Waals surface area contributed by atoms with Gasteiger partial charge < -0.3 is 5.32 Å². The van der Waals surface area contributed by atoms with Gasteiger partial charge in [-0.2, -0.15) is 0 Å². The number of nitrogens with zero attached hydrogens (tertiary/aromatic N) is 1. The minimum Gasteiger partial charge on any atom is -0.303 e. The Bertz CT molecular complexity index is 130. The van der Waals surface area contributed by atoms with Crippen molar-refractivity contribution < 1.29 is 0 Å². The van der Waals surface area contributed by atoms with E-state index in [1.54, 1.807) is 0 Å². The lowest BCUT2D eigenvalue weighted by molar-refractivity contribution is 0.211. The number of nitrogens with one attached hydrogen (secondary N) is 1. The lowest BCUT2D eigenvalue weighted by Crippen LogP contribution is -2.34. The van der Waals surface area contributed by atoms with Crippen LogP contribution in [0.3, 0.4) is 0 Å². The maximum absolute atomic E-state index is 3.43. The predicted octanol–water partition coefficient (Wildman–Crippen LogP) is 2.60. The van der Waals surface area contributed by atoms with Crippen molar-refractivity contribution in [3.8, 4) is 0 Å². The van der Waals surface area contributed by atoms with Gasteiger partial charge in [-0.1, -0.05) is 39.5 Å². The van der Waals surface area contributed by atoms with E-state index in [9.17, 15) is 0 Å². The van der Waals surface area contributed by atoms with Crippen LogP contribution in [0.2, 0.25) is 0 Å². The van der Waals surface area contributed by atoms with Gasteiger partial charge in [-0.15, -0.1) is 0 Å². The maximum atomic E-state index is 3.43. The summed E-state index contributed by atoms with van der Waals surface area (Å²) in [6, 6.07) is 0.849. The first kappa shape index (κ1) is 12.0. The SMILES string of the molecule is CCCCCC(CCC)N1CCNC1. The fourth-order valence-electron chi connectivity index (χ4n) is 2.31. The second-order valence-electron chi connectivity index (χ2n) is 4.41. The van der Waals surface area contributed by atoms with Crippen LogP contribution < -0.4 is 5.32 Å². The number of rotatable bonds is 7. The normalized spacial score (nSPS) is 20.1. The number of unbranched alkanes of at least 4 members (excludes halogenated alkanes) is 2. The summed E-state index contributed by atoms with van der Waals surface area (Å²) < 4.78 is 0. The van der Waals surface area contributed by atoms with Gasteiger partial charge in [-0.05, 0) is 12.8 Å². The molecule has 0 bridgehead atoms. The molecule has 1 N–H and O–H groups in total. The Balaban J connectivity index is 2.22. The Hall–Kier alpha value is -0.0800. The van der Waals surface area contributed by atoms with Crippen molar-refractivity contribution in [2.75, 3.05) is 19.8 Å². The monoisotopic (exact) mass is 198 g/mol. The molecule has 0 amide bonds. The summed E-state index contributed by atoms with van der Waals surface area (Å²) in [5.41, 5.74) is 0. The van der Waals surface area contributed by atoms with Gasteiger partial charge in [0.2, 0.25) is 0 Å². The lowest BCUT2D eigenvalue weighted by atomic mass is 10.0. The third kappa shape index (κ3) is 3.97. The molecule has 0 aromatic rings. The molecule has 1 atom stereocenters. The molecule has 1 heterocycles. The highest BCUT2D eigenvalue weighted by Gasteiger charge is 2.19. The average Bonchev–Trinajstić information content (AvgIpc) is 2.70. The second kappa shape index (κ2) is 7.24. The summed E-state index contributed by atoms with van der Waals surface area (Å²) in [6.07, 6.45) is 8.28. The molecule has 1 fully saturated rings. The molecule has 0 aliphatic carbocycles. The molecule has 1 unspecified atom stereocenters. The van der Waals surface area contributed by atoms with Gasteiger partial charge in [-0.25, -0.2) is 0 Å². The van der Waals surface area contributed by atoms with Crippen LogP contribution in [0, 0.1) is 0 Å². The van der Waals surface area contributed by atoms with Crippen LogP contribution in [0.15, 0.2) is 0 Å². The van der Waals surface area contributed by atoms with E-state index in [4.69, 9.17) is 0 Å². The highest BCUT2D eigenvalue weighted by atomic mass is 15.3. The Morgan fingerprint density at radius 2 is 2.00 bits per heavy atom. The third-order valence-corrected chi connectivity index (χ3v) is 3.17. The first-order valence-corrected chi connectivity index (χ1v) is 6.33. The third-order valence-electron chi connectivity index (χ3n) is 3.17. The van der Waals surface area contributed by atoms with Gasteiger partial charge in [0, 0.05) is 25.8 Å². The maximum Gasteiger partial charge on any atom is 0.0484 e. The summed E-state index contributed by atoms with van der Waals surface area (Å²) in [7, 11) is 0. The molecule has 84 valence electrons. The van der Waals surface area contributed by atoms with Crippen molar-refractivity contribution in [1.82, 2.24) is 10.2 Å². The van der Waals surface area contributed by atoms with Gasteiger partial charge in [0.1, 0.15) is 0 Å². The van der Waals surface area contributed by atoms with Crippen molar-refractivity contribution in [3.63, 3.8) is 0 Å². The quantitative estimate of drug-likeness (QED) is 0.633. The van der Waals surface area contributed by atoms with Crippen LogP contribution >= 0.6 is 0 Å². The van der Waals surface area contributed by atoms with Crippen LogP contribution in [-0.4, -0.2) is 30.7 Å². The first-order valence-electron chi connectivity index (χ1n) is 6.33. The van der Waals surface area contributed by atoms with Crippen molar-refractivity contribution in [2.45, 2.75) is 58.4 Å². The van der Waals surface area contributed by atoms with Crippen LogP contribution in [0.1, 0.15) is 52.4 Å². The van der Waals surface area contributed by atoms with E-state index in [2.05, 4.69) is 24.1 Å². The zero-order valence-corrected chi connectivity index (χ0v) is 9.89. The zero-order valence-electron chi connectivity index (χ0n) is 9.89. The molecule has 0 aromatic heterocycles. The highest BCUT2D eigenvalue weighted by Crippen LogP contribution is 2.15. The molecule has 0 aromatic carbocycles. The van der Waals surface area contributed by atoms with Crippen molar-refractivity contribution in [2.24, 2.45) is 0 Å². The van der Waals surface area contributed by atoms with E-state index in [-0.39, 0.29) is 0 Å². The van der Waals surface area contributed by atoms with E-state index in [1.807, 2.05) is 0 Å². The van der Waals surface area contributed by atoms with E-state index in [0.717, 1.165) is 12.7 Å². The Labute approximate surface area is 89.1 Å². The molecule has 2 heteroatoms. The lowest BCUT2D eigenvalue weighted by Gasteiger charge is -2.26. The van der Waals surface area contributed by atoms with E-state index in [1.165, 1.54) is 51.6 Å². The average molecular weight is 198 g/mol. The van der Waals surface area contributed by atoms with Crippen LogP contribution in [0.4, 0.5) is 0 Å². The van der Waals surface area contributed by atoms with Crippen LogP contribution in [-0.2, 0) is 0 Å². The first-order chi connectivity index (χ1) is 6.88. The zero-order chi connectivity index (χ0) is 10.2. The van der Waals surface area contributed by atoms with Crippen LogP contribution in [0.5, 0.6) is 0 Å². The Morgan fingerprint density at radius 3 is 2.57 bits per heavy atom. The fraction of sp³-hybridized carbons (Fsp3) is 1.00. The van der Waals surface area contributed by atoms with Crippen molar-refractivity contribution in [1.29, 1.82) is 0 Å². The molecule has 1 rings (SSSR count). The minimum absolute atomic E-state index is 0.849. The summed E-state index contributed by atoms with van der Waals surface area (Å²) in [5, 5.41) is 3.43. The standard InChI is InChI=1S/C12H26N2/c1-3-5-6-8-12(7-4-2)14-10-9-13-11-14/h12-13H,3-11H2,1-2H3. The summed E-state index contributed by atoms with van der Waals surface area (Å²) >= 11 is 0. The molecular formula is C12H26N2. The largest absolute Gasteiger partial charge is 0.303 e. The molecule has 1 aliphatic heterocycles. The topological polar surface area (TPSA) is 15.3 Å². The van der Waals surface area contributed by atoms with E-state index in [0.29, 0.717) is 0 Å². The molecule has 1 saturated heterocycles. The van der Waals surface area contributed by atoms with Gasteiger partial charge >= 0.3 is 0 Å². The summed E-state index contributed by atoms with van der Waals surface area (Å²) in [4.78, 5) is 2.62. The van der Waals surface area contributed by atoms with Crippen LogP contribution in [0.25, 0.3) is 0 Å². The molecule has 0 saturated carbocycles. The number of hydrogen-bond acceptors (Lipinski definition) is 2. The molecule has 2 nitrogen and oxygen atoms in total. The van der Waals surface area contributed by atoms with Crippen molar-refractivity contribution >= 4 is 0 Å². The van der Waals surface area contributed by atoms with Crippen molar-refractivity contribution in [3.05, 3.63) is 0 Å². The predicted molar refractivity (Wildman–Crippen MR) is 62.4 cm³/mol. The van der Waals surface area contributed by atoms with Gasteiger partial charge in [-0.3, -0.25) is 4.90 Å². The minimum atomic E-state index is 0.849.